The second kappa shape index (κ2) is 7.09. The minimum Gasteiger partial charge on any atom is -0.494 e. The Labute approximate surface area is 121 Å². The summed E-state index contributed by atoms with van der Waals surface area (Å²) in [6.45, 7) is 5.46. The number of hydrogen-bond acceptors (Lipinski definition) is 3. The molecule has 1 fully saturated rings. The summed E-state index contributed by atoms with van der Waals surface area (Å²) in [6.07, 6.45) is 4.60. The summed E-state index contributed by atoms with van der Waals surface area (Å²) < 4.78 is 11.5. The van der Waals surface area contributed by atoms with Gasteiger partial charge in [0, 0.05) is 6.61 Å². The standard InChI is InChI=1S/C17H26O3/c1-3-13-19-15-9-7-14(8-10-15)16(18)17(20-4-2)11-5-6-12-17/h7-10,16,18H,3-6,11-13H2,1-2H3. The highest BCUT2D eigenvalue weighted by molar-refractivity contribution is 5.30. The third kappa shape index (κ3) is 3.33. The van der Waals surface area contributed by atoms with Gasteiger partial charge in [0.1, 0.15) is 11.9 Å². The molecular weight excluding hydrogens is 252 g/mol. The molecule has 0 saturated heterocycles. The van der Waals surface area contributed by atoms with Crippen molar-refractivity contribution >= 4 is 0 Å². The van der Waals surface area contributed by atoms with E-state index in [0.29, 0.717) is 6.61 Å². The summed E-state index contributed by atoms with van der Waals surface area (Å²) in [5, 5.41) is 10.7. The lowest BCUT2D eigenvalue weighted by atomic mass is 9.89. The van der Waals surface area contributed by atoms with Crippen molar-refractivity contribution in [2.24, 2.45) is 0 Å². The monoisotopic (exact) mass is 278 g/mol. The van der Waals surface area contributed by atoms with Crippen LogP contribution in [0.15, 0.2) is 24.3 Å². The van der Waals surface area contributed by atoms with Gasteiger partial charge >= 0.3 is 0 Å². The molecule has 3 heteroatoms. The van der Waals surface area contributed by atoms with Crippen LogP contribution in [-0.2, 0) is 4.74 Å². The second-order valence-electron chi connectivity index (χ2n) is 5.52. The largest absolute Gasteiger partial charge is 0.494 e. The Morgan fingerprint density at radius 2 is 1.80 bits per heavy atom. The molecule has 0 aliphatic heterocycles. The van der Waals surface area contributed by atoms with Crippen LogP contribution in [-0.4, -0.2) is 23.9 Å². The van der Waals surface area contributed by atoms with E-state index < -0.39 is 6.10 Å². The van der Waals surface area contributed by atoms with Crippen LogP contribution < -0.4 is 4.74 Å². The van der Waals surface area contributed by atoms with Crippen molar-refractivity contribution in [3.63, 3.8) is 0 Å². The molecule has 112 valence electrons. The lowest BCUT2D eigenvalue weighted by Crippen LogP contribution is -2.36. The molecule has 1 unspecified atom stereocenters. The zero-order valence-electron chi connectivity index (χ0n) is 12.6. The molecule has 1 aromatic carbocycles. The van der Waals surface area contributed by atoms with Gasteiger partial charge in [0.25, 0.3) is 0 Å². The molecule has 1 atom stereocenters. The quantitative estimate of drug-likeness (QED) is 0.823. The Kier molecular flexibility index (Phi) is 5.44. The van der Waals surface area contributed by atoms with Gasteiger partial charge in [-0.1, -0.05) is 31.9 Å². The summed E-state index contributed by atoms with van der Waals surface area (Å²) in [6, 6.07) is 7.77. The molecule has 2 rings (SSSR count). The molecule has 1 aromatic rings. The molecule has 0 amide bonds. The van der Waals surface area contributed by atoms with Crippen molar-refractivity contribution in [2.45, 2.75) is 57.7 Å². The Bertz CT molecular complexity index is 393. The third-order valence-corrected chi connectivity index (χ3v) is 4.05. The summed E-state index contributed by atoms with van der Waals surface area (Å²) in [7, 11) is 0. The molecule has 0 aromatic heterocycles. The minimum atomic E-state index is -0.551. The van der Waals surface area contributed by atoms with E-state index in [9.17, 15) is 5.11 Å². The van der Waals surface area contributed by atoms with Crippen LogP contribution in [0.2, 0.25) is 0 Å². The first-order valence-corrected chi connectivity index (χ1v) is 7.76. The molecule has 1 saturated carbocycles. The first kappa shape index (κ1) is 15.3. The van der Waals surface area contributed by atoms with E-state index in [4.69, 9.17) is 9.47 Å². The molecule has 0 heterocycles. The molecule has 0 radical (unpaired) electrons. The smallest absolute Gasteiger partial charge is 0.119 e. The van der Waals surface area contributed by atoms with Crippen LogP contribution in [0.3, 0.4) is 0 Å². The Balaban J connectivity index is 2.09. The normalized spacial score (nSPS) is 18.9. The van der Waals surface area contributed by atoms with Gasteiger partial charge in [0.05, 0.1) is 12.2 Å². The molecule has 0 bridgehead atoms. The Morgan fingerprint density at radius 1 is 1.15 bits per heavy atom. The maximum atomic E-state index is 10.7. The van der Waals surface area contributed by atoms with Crippen LogP contribution >= 0.6 is 0 Å². The van der Waals surface area contributed by atoms with Crippen molar-refractivity contribution in [2.75, 3.05) is 13.2 Å². The van der Waals surface area contributed by atoms with E-state index >= 15 is 0 Å². The van der Waals surface area contributed by atoms with Gasteiger partial charge in [0.15, 0.2) is 0 Å². The van der Waals surface area contributed by atoms with Gasteiger partial charge < -0.3 is 14.6 Å². The molecule has 1 N–H and O–H groups in total. The van der Waals surface area contributed by atoms with E-state index in [0.717, 1.165) is 50.0 Å². The molecule has 0 spiro atoms. The van der Waals surface area contributed by atoms with E-state index in [2.05, 4.69) is 6.92 Å². The third-order valence-electron chi connectivity index (χ3n) is 4.05. The van der Waals surface area contributed by atoms with Gasteiger partial charge in [-0.2, -0.15) is 0 Å². The lowest BCUT2D eigenvalue weighted by molar-refractivity contribution is -0.118. The molecule has 1 aliphatic rings. The minimum absolute atomic E-state index is 0.388. The second-order valence-corrected chi connectivity index (χ2v) is 5.52. The van der Waals surface area contributed by atoms with Crippen molar-refractivity contribution in [3.8, 4) is 5.75 Å². The maximum Gasteiger partial charge on any atom is 0.119 e. The van der Waals surface area contributed by atoms with E-state index in [1.165, 1.54) is 0 Å². The highest BCUT2D eigenvalue weighted by Gasteiger charge is 2.42. The van der Waals surface area contributed by atoms with Gasteiger partial charge in [-0.25, -0.2) is 0 Å². The van der Waals surface area contributed by atoms with E-state index in [1.54, 1.807) is 0 Å². The van der Waals surface area contributed by atoms with Gasteiger partial charge in [-0.05, 0) is 43.9 Å². The Morgan fingerprint density at radius 3 is 2.35 bits per heavy atom. The van der Waals surface area contributed by atoms with E-state index in [-0.39, 0.29) is 5.60 Å². The maximum absolute atomic E-state index is 10.7. The molecule has 20 heavy (non-hydrogen) atoms. The molecule has 1 aliphatic carbocycles. The van der Waals surface area contributed by atoms with E-state index in [1.807, 2.05) is 31.2 Å². The fraction of sp³-hybridized carbons (Fsp3) is 0.647. The fourth-order valence-electron chi connectivity index (χ4n) is 3.03. The van der Waals surface area contributed by atoms with Crippen LogP contribution in [0.1, 0.15) is 57.6 Å². The van der Waals surface area contributed by atoms with Crippen LogP contribution in [0.25, 0.3) is 0 Å². The summed E-state index contributed by atoms with van der Waals surface area (Å²) in [4.78, 5) is 0. The highest BCUT2D eigenvalue weighted by Crippen LogP contribution is 2.43. The number of aliphatic hydroxyl groups excluding tert-OH is 1. The number of benzene rings is 1. The fourth-order valence-corrected chi connectivity index (χ4v) is 3.03. The number of hydrogen-bond donors (Lipinski definition) is 1. The summed E-state index contributed by atoms with van der Waals surface area (Å²) >= 11 is 0. The van der Waals surface area contributed by atoms with Gasteiger partial charge in [-0.3, -0.25) is 0 Å². The van der Waals surface area contributed by atoms with Gasteiger partial charge in [0.2, 0.25) is 0 Å². The highest BCUT2D eigenvalue weighted by atomic mass is 16.5. The first-order valence-electron chi connectivity index (χ1n) is 7.76. The molecule has 3 nitrogen and oxygen atoms in total. The van der Waals surface area contributed by atoms with Crippen molar-refractivity contribution in [3.05, 3.63) is 29.8 Å². The summed E-state index contributed by atoms with van der Waals surface area (Å²) in [5.74, 6) is 0.861. The van der Waals surface area contributed by atoms with Crippen molar-refractivity contribution < 1.29 is 14.6 Å². The summed E-state index contributed by atoms with van der Waals surface area (Å²) in [5.41, 5.74) is 0.532. The lowest BCUT2D eigenvalue weighted by Gasteiger charge is -2.34. The average Bonchev–Trinajstić information content (AvgIpc) is 2.95. The predicted molar refractivity (Wildman–Crippen MR) is 80.0 cm³/mol. The molecular formula is C17H26O3. The topological polar surface area (TPSA) is 38.7 Å². The van der Waals surface area contributed by atoms with Crippen LogP contribution in [0.4, 0.5) is 0 Å². The SMILES string of the molecule is CCCOc1ccc(C(O)C2(OCC)CCCC2)cc1. The number of rotatable bonds is 7. The number of ether oxygens (including phenoxy) is 2. The van der Waals surface area contributed by atoms with Gasteiger partial charge in [-0.15, -0.1) is 0 Å². The average molecular weight is 278 g/mol. The first-order chi connectivity index (χ1) is 9.72. The van der Waals surface area contributed by atoms with Crippen molar-refractivity contribution in [1.29, 1.82) is 0 Å². The number of aliphatic hydroxyl groups is 1. The predicted octanol–water partition coefficient (Wildman–Crippen LogP) is 3.86. The zero-order chi connectivity index (χ0) is 14.4. The van der Waals surface area contributed by atoms with Crippen molar-refractivity contribution in [1.82, 2.24) is 0 Å². The van der Waals surface area contributed by atoms with Crippen LogP contribution in [0, 0.1) is 0 Å². The van der Waals surface area contributed by atoms with Crippen LogP contribution in [0.5, 0.6) is 5.75 Å². The Hall–Kier alpha value is -1.06. The zero-order valence-corrected chi connectivity index (χ0v) is 12.6.